The number of nitrogens with zero attached hydrogens (tertiary/aromatic N) is 4. The monoisotopic (exact) mass is 499 g/mol. The first-order valence-corrected chi connectivity index (χ1v) is 12.6. The third-order valence-electron chi connectivity index (χ3n) is 7.15. The van der Waals surface area contributed by atoms with Gasteiger partial charge in [0.05, 0.1) is 11.1 Å². The number of halogens is 1. The highest BCUT2D eigenvalue weighted by Crippen LogP contribution is 2.27. The molecule has 0 atom stereocenters. The van der Waals surface area contributed by atoms with Gasteiger partial charge in [0.1, 0.15) is 11.3 Å². The molecule has 2 fully saturated rings. The molecule has 6 rings (SSSR count). The molecule has 7 nitrogen and oxygen atoms in total. The van der Waals surface area contributed by atoms with Crippen molar-refractivity contribution in [1.82, 2.24) is 24.7 Å². The van der Waals surface area contributed by atoms with E-state index < -0.39 is 0 Å². The number of fused-ring (bicyclic) bond motifs is 1. The standard InChI is InChI=1S/C28H26ClN5O2/c29-21-11-9-19(10-12-21)26-30-24-8-4-7-23(25(24)31-26)28(36)34-17-22(18-34)32-13-15-33(16-14-32)27(35)20-5-2-1-3-6-20/h1-12,22H,13-18H2,(H,30,31). The Balaban J connectivity index is 1.09. The van der Waals surface area contributed by atoms with Crippen LogP contribution in [0.2, 0.25) is 5.02 Å². The van der Waals surface area contributed by atoms with Crippen molar-refractivity contribution in [1.29, 1.82) is 0 Å². The van der Waals surface area contributed by atoms with Crippen molar-refractivity contribution >= 4 is 34.4 Å². The highest BCUT2D eigenvalue weighted by atomic mass is 35.5. The van der Waals surface area contributed by atoms with Crippen molar-refractivity contribution in [2.45, 2.75) is 6.04 Å². The summed E-state index contributed by atoms with van der Waals surface area (Å²) in [4.78, 5) is 40.3. The third kappa shape index (κ3) is 4.25. The van der Waals surface area contributed by atoms with E-state index in [1.54, 1.807) is 0 Å². The lowest BCUT2D eigenvalue weighted by Crippen LogP contribution is -2.64. The molecule has 182 valence electrons. The van der Waals surface area contributed by atoms with E-state index >= 15 is 0 Å². The summed E-state index contributed by atoms with van der Waals surface area (Å²) in [6.45, 7) is 4.44. The second-order valence-electron chi connectivity index (χ2n) is 9.35. The van der Waals surface area contributed by atoms with Crippen LogP contribution in [-0.4, -0.2) is 81.8 Å². The Hall–Kier alpha value is -3.68. The number of para-hydroxylation sites is 1. The van der Waals surface area contributed by atoms with Gasteiger partial charge in [0.2, 0.25) is 0 Å². The van der Waals surface area contributed by atoms with Gasteiger partial charge in [0, 0.05) is 61.5 Å². The molecule has 0 aliphatic carbocycles. The Morgan fingerprint density at radius 1 is 0.806 bits per heavy atom. The van der Waals surface area contributed by atoms with Crippen LogP contribution in [0.1, 0.15) is 20.7 Å². The fourth-order valence-corrected chi connectivity index (χ4v) is 5.15. The van der Waals surface area contributed by atoms with E-state index in [1.165, 1.54) is 0 Å². The van der Waals surface area contributed by atoms with E-state index in [1.807, 2.05) is 82.6 Å². The van der Waals surface area contributed by atoms with Crippen LogP contribution in [0, 0.1) is 0 Å². The molecule has 3 aromatic carbocycles. The maximum absolute atomic E-state index is 13.3. The summed E-state index contributed by atoms with van der Waals surface area (Å²) in [7, 11) is 0. The Labute approximate surface area is 214 Å². The molecule has 36 heavy (non-hydrogen) atoms. The summed E-state index contributed by atoms with van der Waals surface area (Å²) < 4.78 is 0. The number of likely N-dealkylation sites (tertiary alicyclic amines) is 1. The van der Waals surface area contributed by atoms with E-state index in [2.05, 4.69) is 9.88 Å². The molecule has 1 aromatic heterocycles. The highest BCUT2D eigenvalue weighted by molar-refractivity contribution is 6.30. The Bertz CT molecular complexity index is 1410. The molecule has 1 N–H and O–H groups in total. The number of rotatable bonds is 4. The Kier molecular flexibility index (Phi) is 5.95. The fourth-order valence-electron chi connectivity index (χ4n) is 5.03. The van der Waals surface area contributed by atoms with E-state index in [0.29, 0.717) is 54.1 Å². The van der Waals surface area contributed by atoms with Gasteiger partial charge in [-0.2, -0.15) is 0 Å². The van der Waals surface area contributed by atoms with E-state index in [9.17, 15) is 9.59 Å². The number of imidazole rings is 1. The number of carbonyl (C=O) groups excluding carboxylic acids is 2. The zero-order valence-corrected chi connectivity index (χ0v) is 20.5. The third-order valence-corrected chi connectivity index (χ3v) is 7.40. The van der Waals surface area contributed by atoms with Crippen molar-refractivity contribution in [2.75, 3.05) is 39.3 Å². The maximum atomic E-state index is 13.3. The Morgan fingerprint density at radius 3 is 2.25 bits per heavy atom. The minimum atomic E-state index is 0.00361. The molecule has 0 spiro atoms. The average molecular weight is 500 g/mol. The molecule has 3 heterocycles. The van der Waals surface area contributed by atoms with Crippen LogP contribution in [0.15, 0.2) is 72.8 Å². The van der Waals surface area contributed by atoms with Crippen molar-refractivity contribution in [3.05, 3.63) is 88.9 Å². The molecule has 2 aliphatic heterocycles. The van der Waals surface area contributed by atoms with Crippen LogP contribution in [0.4, 0.5) is 0 Å². The van der Waals surface area contributed by atoms with Gasteiger partial charge in [-0.3, -0.25) is 14.5 Å². The topological polar surface area (TPSA) is 72.5 Å². The number of aromatic amines is 1. The van der Waals surface area contributed by atoms with E-state index in [-0.39, 0.29) is 11.8 Å². The van der Waals surface area contributed by atoms with Gasteiger partial charge in [0.15, 0.2) is 0 Å². The minimum absolute atomic E-state index is 0.00361. The van der Waals surface area contributed by atoms with E-state index in [4.69, 9.17) is 16.6 Å². The minimum Gasteiger partial charge on any atom is -0.338 e. The zero-order chi connectivity index (χ0) is 24.6. The number of piperazine rings is 1. The van der Waals surface area contributed by atoms with Gasteiger partial charge in [0.25, 0.3) is 11.8 Å². The summed E-state index contributed by atoms with van der Waals surface area (Å²) in [6, 6.07) is 22.9. The van der Waals surface area contributed by atoms with Crippen molar-refractivity contribution in [3.8, 4) is 11.4 Å². The van der Waals surface area contributed by atoms with Gasteiger partial charge in [-0.25, -0.2) is 4.98 Å². The number of hydrogen-bond donors (Lipinski definition) is 1. The lowest BCUT2D eigenvalue weighted by molar-refractivity contribution is 0.00863. The predicted octanol–water partition coefficient (Wildman–Crippen LogP) is 4.17. The molecule has 0 radical (unpaired) electrons. The first-order valence-electron chi connectivity index (χ1n) is 12.2. The van der Waals surface area contributed by atoms with Gasteiger partial charge in [-0.05, 0) is 48.5 Å². The number of amides is 2. The number of nitrogens with one attached hydrogen (secondary N) is 1. The number of carbonyl (C=O) groups is 2. The summed E-state index contributed by atoms with van der Waals surface area (Å²) in [6.07, 6.45) is 0. The normalized spacial score (nSPS) is 16.8. The summed E-state index contributed by atoms with van der Waals surface area (Å²) in [5.74, 6) is 0.806. The second kappa shape index (κ2) is 9.41. The Morgan fingerprint density at radius 2 is 1.53 bits per heavy atom. The molecular formula is C28H26ClN5O2. The second-order valence-corrected chi connectivity index (χ2v) is 9.79. The van der Waals surface area contributed by atoms with Gasteiger partial charge >= 0.3 is 0 Å². The van der Waals surface area contributed by atoms with Crippen LogP contribution in [0.25, 0.3) is 22.4 Å². The lowest BCUT2D eigenvalue weighted by atomic mass is 10.0. The molecule has 8 heteroatoms. The first-order chi connectivity index (χ1) is 17.6. The molecular weight excluding hydrogens is 474 g/mol. The molecule has 0 unspecified atom stereocenters. The number of aromatic nitrogens is 2. The van der Waals surface area contributed by atoms with Gasteiger partial charge in [-0.15, -0.1) is 0 Å². The summed E-state index contributed by atoms with van der Waals surface area (Å²) >= 11 is 6.01. The summed E-state index contributed by atoms with van der Waals surface area (Å²) in [5, 5.41) is 0.669. The maximum Gasteiger partial charge on any atom is 0.256 e. The van der Waals surface area contributed by atoms with Crippen molar-refractivity contribution in [2.24, 2.45) is 0 Å². The van der Waals surface area contributed by atoms with Crippen molar-refractivity contribution in [3.63, 3.8) is 0 Å². The molecule has 2 aliphatic rings. The molecule has 2 amide bonds. The van der Waals surface area contributed by atoms with Crippen molar-refractivity contribution < 1.29 is 9.59 Å². The van der Waals surface area contributed by atoms with Gasteiger partial charge in [-0.1, -0.05) is 35.9 Å². The van der Waals surface area contributed by atoms with E-state index in [0.717, 1.165) is 29.7 Å². The summed E-state index contributed by atoms with van der Waals surface area (Å²) in [5.41, 5.74) is 3.78. The lowest BCUT2D eigenvalue weighted by Gasteiger charge is -2.48. The largest absolute Gasteiger partial charge is 0.338 e. The first kappa shape index (κ1) is 22.8. The zero-order valence-electron chi connectivity index (χ0n) is 19.7. The van der Waals surface area contributed by atoms with Crippen LogP contribution in [0.5, 0.6) is 0 Å². The molecule has 2 saturated heterocycles. The quantitative estimate of drug-likeness (QED) is 0.457. The van der Waals surface area contributed by atoms with Crippen LogP contribution >= 0.6 is 11.6 Å². The van der Waals surface area contributed by atoms with Crippen LogP contribution in [0.3, 0.4) is 0 Å². The van der Waals surface area contributed by atoms with Gasteiger partial charge < -0.3 is 14.8 Å². The molecule has 0 saturated carbocycles. The number of benzene rings is 3. The SMILES string of the molecule is O=C(c1ccccc1)N1CCN(C2CN(C(=O)c3cccc4[nH]c(-c5ccc(Cl)cc5)nc34)C2)CC1. The number of hydrogen-bond acceptors (Lipinski definition) is 4. The fraction of sp³-hybridized carbons (Fsp3) is 0.250. The molecule has 0 bridgehead atoms. The molecule has 4 aromatic rings. The number of H-pyrrole nitrogens is 1. The highest BCUT2D eigenvalue weighted by Gasteiger charge is 2.37. The average Bonchev–Trinajstić information content (AvgIpc) is 3.33. The van der Waals surface area contributed by atoms with Crippen LogP contribution < -0.4 is 0 Å². The van der Waals surface area contributed by atoms with Crippen LogP contribution in [-0.2, 0) is 0 Å². The smallest absolute Gasteiger partial charge is 0.256 e. The predicted molar refractivity (Wildman–Crippen MR) is 140 cm³/mol.